The average molecular weight is 447 g/mol. The van der Waals surface area contributed by atoms with Gasteiger partial charge in [0.05, 0.1) is 11.1 Å². The van der Waals surface area contributed by atoms with Crippen molar-refractivity contribution in [3.8, 4) is 0 Å². The van der Waals surface area contributed by atoms with Crippen LogP contribution in [0.5, 0.6) is 0 Å². The molecule has 0 saturated heterocycles. The van der Waals surface area contributed by atoms with E-state index in [1.165, 1.54) is 83.1 Å². The zero-order chi connectivity index (χ0) is 23.8. The highest BCUT2D eigenvalue weighted by Gasteiger charge is 2.25. The van der Waals surface area contributed by atoms with Crippen LogP contribution in [0.15, 0.2) is 12.1 Å². The van der Waals surface area contributed by atoms with Gasteiger partial charge in [0.25, 0.3) is 0 Å². The van der Waals surface area contributed by atoms with E-state index < -0.39 is 11.9 Å². The predicted octanol–water partition coefficient (Wildman–Crippen LogP) is 8.62. The van der Waals surface area contributed by atoms with E-state index in [-0.39, 0.29) is 17.0 Å². The summed E-state index contributed by atoms with van der Waals surface area (Å²) in [6, 6.07) is 3.30. The lowest BCUT2D eigenvalue weighted by Crippen LogP contribution is -2.15. The number of carboxylic acids is 2. The number of benzene rings is 1. The third-order valence-electron chi connectivity index (χ3n) is 6.68. The van der Waals surface area contributed by atoms with Crippen molar-refractivity contribution in [2.45, 2.75) is 129 Å². The molecule has 0 aromatic heterocycles. The van der Waals surface area contributed by atoms with E-state index in [4.69, 9.17) is 0 Å². The van der Waals surface area contributed by atoms with Gasteiger partial charge >= 0.3 is 11.9 Å². The monoisotopic (exact) mass is 446 g/mol. The van der Waals surface area contributed by atoms with Crippen LogP contribution in [-0.2, 0) is 6.42 Å². The van der Waals surface area contributed by atoms with Gasteiger partial charge in [-0.2, -0.15) is 0 Å². The molecule has 4 nitrogen and oxygen atoms in total. The Hall–Kier alpha value is -1.84. The standard InChI is InChI=1S/C28H46O4/c1-4-6-7-8-9-10-11-12-13-14-15-16-17-18-19-23-20-21-24(27(29)30)26(28(31)32)25(23)22(3)5-2/h20-22H,4-19H2,1-3H3,(H,29,30)(H,31,32). The van der Waals surface area contributed by atoms with Crippen molar-refractivity contribution in [3.05, 3.63) is 34.4 Å². The van der Waals surface area contributed by atoms with Gasteiger partial charge in [-0.15, -0.1) is 0 Å². The lowest BCUT2D eigenvalue weighted by atomic mass is 9.84. The molecule has 1 aromatic rings. The van der Waals surface area contributed by atoms with Gasteiger partial charge in [-0.1, -0.05) is 110 Å². The maximum absolute atomic E-state index is 11.9. The number of aromatic carboxylic acids is 2. The number of carbonyl (C=O) groups is 2. The Labute approximate surface area is 195 Å². The summed E-state index contributed by atoms with van der Waals surface area (Å²) in [5, 5.41) is 19.1. The molecular formula is C28H46O4. The fraction of sp³-hybridized carbons (Fsp3) is 0.714. The zero-order valence-electron chi connectivity index (χ0n) is 20.8. The van der Waals surface area contributed by atoms with Crippen LogP contribution in [-0.4, -0.2) is 22.2 Å². The van der Waals surface area contributed by atoms with Crippen LogP contribution in [0.1, 0.15) is 155 Å². The van der Waals surface area contributed by atoms with Crippen molar-refractivity contribution in [1.82, 2.24) is 0 Å². The lowest BCUT2D eigenvalue weighted by Gasteiger charge is -2.19. The smallest absolute Gasteiger partial charge is 0.336 e. The maximum atomic E-state index is 11.9. The molecule has 0 fully saturated rings. The molecule has 182 valence electrons. The second-order valence-corrected chi connectivity index (χ2v) is 9.33. The average Bonchev–Trinajstić information content (AvgIpc) is 2.77. The molecule has 1 unspecified atom stereocenters. The van der Waals surface area contributed by atoms with Crippen molar-refractivity contribution >= 4 is 11.9 Å². The van der Waals surface area contributed by atoms with Crippen LogP contribution >= 0.6 is 0 Å². The molecule has 0 radical (unpaired) electrons. The Kier molecular flexibility index (Phi) is 14.8. The fourth-order valence-electron chi connectivity index (χ4n) is 4.57. The van der Waals surface area contributed by atoms with E-state index in [1.54, 1.807) is 0 Å². The van der Waals surface area contributed by atoms with Crippen molar-refractivity contribution in [2.24, 2.45) is 0 Å². The van der Waals surface area contributed by atoms with Gasteiger partial charge in [-0.25, -0.2) is 9.59 Å². The number of hydrogen-bond acceptors (Lipinski definition) is 2. The number of unbranched alkanes of at least 4 members (excludes halogenated alkanes) is 13. The molecule has 0 aliphatic rings. The zero-order valence-corrected chi connectivity index (χ0v) is 20.8. The van der Waals surface area contributed by atoms with Gasteiger partial charge in [0.15, 0.2) is 0 Å². The number of hydrogen-bond donors (Lipinski definition) is 2. The summed E-state index contributed by atoms with van der Waals surface area (Å²) in [6.45, 7) is 6.26. The highest BCUT2D eigenvalue weighted by molar-refractivity contribution is 6.03. The van der Waals surface area contributed by atoms with Crippen LogP contribution in [0.2, 0.25) is 0 Å². The quantitative estimate of drug-likeness (QED) is 0.209. The first-order valence-electron chi connectivity index (χ1n) is 13.1. The largest absolute Gasteiger partial charge is 0.478 e. The van der Waals surface area contributed by atoms with Gasteiger partial charge in [0.1, 0.15) is 0 Å². The SMILES string of the molecule is CCCCCCCCCCCCCCCCc1ccc(C(=O)O)c(C(=O)O)c1C(C)CC. The minimum Gasteiger partial charge on any atom is -0.478 e. The summed E-state index contributed by atoms with van der Waals surface area (Å²) in [4.78, 5) is 23.4. The molecule has 0 aliphatic heterocycles. The Morgan fingerprint density at radius 2 is 1.19 bits per heavy atom. The third-order valence-corrected chi connectivity index (χ3v) is 6.68. The molecule has 0 amide bonds. The van der Waals surface area contributed by atoms with E-state index in [1.807, 2.05) is 19.9 Å². The lowest BCUT2D eigenvalue weighted by molar-refractivity contribution is 0.0650. The summed E-state index contributed by atoms with van der Waals surface area (Å²) in [5.74, 6) is -2.28. The topological polar surface area (TPSA) is 74.6 Å². The molecular weight excluding hydrogens is 400 g/mol. The summed E-state index contributed by atoms with van der Waals surface area (Å²) < 4.78 is 0. The first-order chi connectivity index (χ1) is 15.4. The van der Waals surface area contributed by atoms with Crippen molar-refractivity contribution in [1.29, 1.82) is 0 Å². The Bertz CT molecular complexity index is 680. The number of carboxylic acid groups (broad SMARTS) is 2. The van der Waals surface area contributed by atoms with Crippen LogP contribution in [0, 0.1) is 0 Å². The molecule has 4 heteroatoms. The molecule has 0 aliphatic carbocycles. The van der Waals surface area contributed by atoms with Crippen molar-refractivity contribution in [3.63, 3.8) is 0 Å². The minimum absolute atomic E-state index is 0.0188. The highest BCUT2D eigenvalue weighted by Crippen LogP contribution is 2.31. The van der Waals surface area contributed by atoms with E-state index >= 15 is 0 Å². The van der Waals surface area contributed by atoms with Crippen LogP contribution in [0.25, 0.3) is 0 Å². The molecule has 0 bridgehead atoms. The molecule has 0 spiro atoms. The second kappa shape index (κ2) is 16.7. The van der Waals surface area contributed by atoms with Gasteiger partial charge in [-0.05, 0) is 42.4 Å². The van der Waals surface area contributed by atoms with E-state index in [0.717, 1.165) is 36.8 Å². The molecule has 0 heterocycles. The number of aryl methyl sites for hydroxylation is 1. The third kappa shape index (κ3) is 10.2. The predicted molar refractivity (Wildman–Crippen MR) is 133 cm³/mol. The fourth-order valence-corrected chi connectivity index (χ4v) is 4.57. The Balaban J connectivity index is 2.37. The van der Waals surface area contributed by atoms with Crippen LogP contribution < -0.4 is 0 Å². The Morgan fingerprint density at radius 1 is 0.719 bits per heavy atom. The molecule has 2 N–H and O–H groups in total. The van der Waals surface area contributed by atoms with Crippen LogP contribution in [0.4, 0.5) is 0 Å². The second-order valence-electron chi connectivity index (χ2n) is 9.33. The van der Waals surface area contributed by atoms with Gasteiger partial charge in [0.2, 0.25) is 0 Å². The highest BCUT2D eigenvalue weighted by atomic mass is 16.4. The summed E-state index contributed by atoms with van der Waals surface area (Å²) >= 11 is 0. The van der Waals surface area contributed by atoms with E-state index in [9.17, 15) is 19.8 Å². The molecule has 0 saturated carbocycles. The molecule has 1 atom stereocenters. The van der Waals surface area contributed by atoms with Crippen LogP contribution in [0.3, 0.4) is 0 Å². The van der Waals surface area contributed by atoms with Crippen molar-refractivity contribution < 1.29 is 19.8 Å². The van der Waals surface area contributed by atoms with Gasteiger partial charge < -0.3 is 10.2 Å². The van der Waals surface area contributed by atoms with Crippen molar-refractivity contribution in [2.75, 3.05) is 0 Å². The number of rotatable bonds is 19. The summed E-state index contributed by atoms with van der Waals surface area (Å²) in [7, 11) is 0. The van der Waals surface area contributed by atoms with E-state index in [2.05, 4.69) is 6.92 Å². The molecule has 32 heavy (non-hydrogen) atoms. The molecule has 1 aromatic carbocycles. The van der Waals surface area contributed by atoms with Gasteiger partial charge in [-0.3, -0.25) is 0 Å². The summed E-state index contributed by atoms with van der Waals surface area (Å²) in [5.41, 5.74) is 1.60. The normalized spacial score (nSPS) is 12.1. The molecule has 1 rings (SSSR count). The minimum atomic E-state index is -1.17. The first kappa shape index (κ1) is 28.2. The first-order valence-corrected chi connectivity index (χ1v) is 13.1. The van der Waals surface area contributed by atoms with E-state index in [0.29, 0.717) is 0 Å². The Morgan fingerprint density at radius 3 is 1.59 bits per heavy atom. The maximum Gasteiger partial charge on any atom is 0.336 e. The summed E-state index contributed by atoms with van der Waals surface area (Å²) in [6.07, 6.45) is 19.9. The van der Waals surface area contributed by atoms with Gasteiger partial charge in [0, 0.05) is 0 Å².